The van der Waals surface area contributed by atoms with Crippen molar-refractivity contribution in [2.24, 2.45) is 0 Å². The molecule has 0 saturated carbocycles. The Hall–Kier alpha value is -1.59. The van der Waals surface area contributed by atoms with E-state index in [1.165, 1.54) is 4.90 Å². The minimum absolute atomic E-state index is 0. The zero-order valence-corrected chi connectivity index (χ0v) is 14.1. The molecule has 5 nitrogen and oxygen atoms in total. The fraction of sp³-hybridized carbons (Fsp3) is 0.500. The number of benzene rings is 1. The number of halogens is 1. The highest BCUT2D eigenvalue weighted by atomic mass is 35.5. The average molecular weight is 326 g/mol. The monoisotopic (exact) mass is 325 g/mol. The Balaban J connectivity index is 0.00000242. The molecule has 2 unspecified atom stereocenters. The Morgan fingerprint density at radius 3 is 2.32 bits per heavy atom. The van der Waals surface area contributed by atoms with E-state index in [9.17, 15) is 9.59 Å². The highest BCUT2D eigenvalue weighted by molar-refractivity contribution is 5.97. The summed E-state index contributed by atoms with van der Waals surface area (Å²) in [7, 11) is 3.42. The Labute approximate surface area is 137 Å². The highest BCUT2D eigenvalue weighted by Gasteiger charge is 2.22. The first-order valence-electron chi connectivity index (χ1n) is 7.35. The van der Waals surface area contributed by atoms with E-state index in [1.807, 2.05) is 0 Å². The zero-order valence-electron chi connectivity index (χ0n) is 13.3. The second-order valence-corrected chi connectivity index (χ2v) is 5.74. The molecule has 1 saturated heterocycles. The lowest BCUT2D eigenvalue weighted by molar-refractivity contribution is 0.0826. The average Bonchev–Trinajstić information content (AvgIpc) is 2.49. The minimum Gasteiger partial charge on any atom is -0.348 e. The first-order valence-corrected chi connectivity index (χ1v) is 7.35. The second-order valence-electron chi connectivity index (χ2n) is 5.74. The van der Waals surface area contributed by atoms with Crippen molar-refractivity contribution in [2.75, 3.05) is 20.6 Å². The van der Waals surface area contributed by atoms with Crippen molar-refractivity contribution in [3.8, 4) is 0 Å². The van der Waals surface area contributed by atoms with Crippen molar-refractivity contribution >= 4 is 24.2 Å². The first-order chi connectivity index (χ1) is 9.99. The predicted octanol–water partition coefficient (Wildman–Crippen LogP) is 1.68. The molecule has 0 bridgehead atoms. The van der Waals surface area contributed by atoms with E-state index in [2.05, 4.69) is 17.6 Å². The molecule has 2 N–H and O–H groups in total. The van der Waals surface area contributed by atoms with E-state index in [1.54, 1.807) is 38.4 Å². The van der Waals surface area contributed by atoms with E-state index in [4.69, 9.17) is 0 Å². The lowest BCUT2D eigenvalue weighted by Gasteiger charge is -2.30. The Morgan fingerprint density at radius 2 is 1.77 bits per heavy atom. The summed E-state index contributed by atoms with van der Waals surface area (Å²) < 4.78 is 0. The van der Waals surface area contributed by atoms with Gasteiger partial charge in [-0.1, -0.05) is 0 Å². The first kappa shape index (κ1) is 18.5. The molecule has 0 radical (unpaired) electrons. The van der Waals surface area contributed by atoms with Gasteiger partial charge in [-0.15, -0.1) is 12.4 Å². The molecule has 1 aliphatic rings. The third-order valence-corrected chi connectivity index (χ3v) is 3.88. The number of piperidine rings is 1. The molecular weight excluding hydrogens is 302 g/mol. The Morgan fingerprint density at radius 1 is 1.18 bits per heavy atom. The Kier molecular flexibility index (Phi) is 6.84. The number of hydrogen-bond acceptors (Lipinski definition) is 3. The molecule has 2 rings (SSSR count). The maximum absolute atomic E-state index is 12.2. The van der Waals surface area contributed by atoms with Crippen LogP contribution in [0, 0.1) is 0 Å². The number of rotatable bonds is 3. The second kappa shape index (κ2) is 8.15. The van der Waals surface area contributed by atoms with Gasteiger partial charge in [-0.05, 0) is 50.6 Å². The SMILES string of the molecule is CC1NCCCC1NC(=O)c1ccc(C(=O)N(C)C)cc1.Cl. The van der Waals surface area contributed by atoms with Crippen molar-refractivity contribution < 1.29 is 9.59 Å². The van der Waals surface area contributed by atoms with Crippen LogP contribution in [0.1, 0.15) is 40.5 Å². The van der Waals surface area contributed by atoms with Gasteiger partial charge in [0.2, 0.25) is 0 Å². The molecule has 22 heavy (non-hydrogen) atoms. The van der Waals surface area contributed by atoms with Gasteiger partial charge in [0.05, 0.1) is 0 Å². The summed E-state index contributed by atoms with van der Waals surface area (Å²) >= 11 is 0. The fourth-order valence-electron chi connectivity index (χ4n) is 2.52. The zero-order chi connectivity index (χ0) is 15.4. The van der Waals surface area contributed by atoms with Gasteiger partial charge in [-0.2, -0.15) is 0 Å². The third-order valence-electron chi connectivity index (χ3n) is 3.88. The van der Waals surface area contributed by atoms with Crippen LogP contribution < -0.4 is 10.6 Å². The van der Waals surface area contributed by atoms with Crippen molar-refractivity contribution in [2.45, 2.75) is 31.8 Å². The van der Waals surface area contributed by atoms with Crippen LogP contribution in [0.3, 0.4) is 0 Å². The highest BCUT2D eigenvalue weighted by Crippen LogP contribution is 2.11. The molecule has 2 atom stereocenters. The minimum atomic E-state index is -0.0839. The number of nitrogens with one attached hydrogen (secondary N) is 2. The van der Waals surface area contributed by atoms with E-state index in [0.717, 1.165) is 19.4 Å². The van der Waals surface area contributed by atoms with E-state index >= 15 is 0 Å². The fourth-order valence-corrected chi connectivity index (χ4v) is 2.52. The van der Waals surface area contributed by atoms with Gasteiger partial charge < -0.3 is 15.5 Å². The Bertz CT molecular complexity index is 517. The largest absolute Gasteiger partial charge is 0.348 e. The van der Waals surface area contributed by atoms with Crippen LogP contribution in [-0.4, -0.2) is 49.4 Å². The maximum atomic E-state index is 12.2. The number of nitrogens with zero attached hydrogens (tertiary/aromatic N) is 1. The summed E-state index contributed by atoms with van der Waals surface area (Å²) in [5, 5.41) is 6.42. The van der Waals surface area contributed by atoms with Crippen LogP contribution in [0.2, 0.25) is 0 Å². The summed E-state index contributed by atoms with van der Waals surface area (Å²) in [5.74, 6) is -0.147. The number of hydrogen-bond donors (Lipinski definition) is 2. The predicted molar refractivity (Wildman–Crippen MR) is 89.7 cm³/mol. The lowest BCUT2D eigenvalue weighted by Crippen LogP contribution is -2.51. The van der Waals surface area contributed by atoms with Crippen molar-refractivity contribution in [1.29, 1.82) is 0 Å². The maximum Gasteiger partial charge on any atom is 0.253 e. The van der Waals surface area contributed by atoms with Crippen LogP contribution in [0.5, 0.6) is 0 Å². The smallest absolute Gasteiger partial charge is 0.253 e. The molecular formula is C16H24ClN3O2. The topological polar surface area (TPSA) is 61.4 Å². The number of carbonyl (C=O) groups excluding carboxylic acids is 2. The van der Waals surface area contributed by atoms with E-state index in [0.29, 0.717) is 11.1 Å². The normalized spacial score (nSPS) is 20.7. The third kappa shape index (κ3) is 4.45. The van der Waals surface area contributed by atoms with Crippen LogP contribution in [0.25, 0.3) is 0 Å². The van der Waals surface area contributed by atoms with Crippen LogP contribution in [0.4, 0.5) is 0 Å². The van der Waals surface area contributed by atoms with Gasteiger partial charge in [-0.25, -0.2) is 0 Å². The molecule has 2 amide bonds. The van der Waals surface area contributed by atoms with Gasteiger partial charge in [0.25, 0.3) is 11.8 Å². The van der Waals surface area contributed by atoms with Crippen LogP contribution in [0.15, 0.2) is 24.3 Å². The van der Waals surface area contributed by atoms with Gasteiger partial charge in [-0.3, -0.25) is 9.59 Å². The van der Waals surface area contributed by atoms with E-state index in [-0.39, 0.29) is 36.3 Å². The number of amides is 2. The summed E-state index contributed by atoms with van der Waals surface area (Å²) in [6.07, 6.45) is 2.07. The summed E-state index contributed by atoms with van der Waals surface area (Å²) in [6, 6.07) is 7.24. The summed E-state index contributed by atoms with van der Waals surface area (Å²) in [6.45, 7) is 3.10. The van der Waals surface area contributed by atoms with Gasteiger partial charge in [0.15, 0.2) is 0 Å². The summed E-state index contributed by atoms with van der Waals surface area (Å²) in [4.78, 5) is 25.6. The summed E-state index contributed by atoms with van der Waals surface area (Å²) in [5.41, 5.74) is 1.17. The van der Waals surface area contributed by atoms with Gasteiger partial charge in [0.1, 0.15) is 0 Å². The molecule has 1 aromatic rings. The molecule has 1 aliphatic heterocycles. The number of carbonyl (C=O) groups is 2. The van der Waals surface area contributed by atoms with Crippen molar-refractivity contribution in [3.63, 3.8) is 0 Å². The molecule has 6 heteroatoms. The van der Waals surface area contributed by atoms with E-state index < -0.39 is 0 Å². The molecule has 1 heterocycles. The van der Waals surface area contributed by atoms with Crippen molar-refractivity contribution in [1.82, 2.24) is 15.5 Å². The molecule has 0 aliphatic carbocycles. The molecule has 1 fully saturated rings. The standard InChI is InChI=1S/C16H23N3O2.ClH/c1-11-14(5-4-10-17-11)18-15(20)12-6-8-13(9-7-12)16(21)19(2)3;/h6-9,11,14,17H,4-5,10H2,1-3H3,(H,18,20);1H. The molecule has 1 aromatic carbocycles. The quantitative estimate of drug-likeness (QED) is 0.889. The van der Waals surface area contributed by atoms with Crippen LogP contribution >= 0.6 is 12.4 Å². The lowest BCUT2D eigenvalue weighted by atomic mass is 9.99. The van der Waals surface area contributed by atoms with Gasteiger partial charge >= 0.3 is 0 Å². The molecule has 0 aromatic heterocycles. The van der Waals surface area contributed by atoms with Gasteiger partial charge in [0, 0.05) is 37.3 Å². The van der Waals surface area contributed by atoms with Crippen LogP contribution in [-0.2, 0) is 0 Å². The van der Waals surface area contributed by atoms with Crippen molar-refractivity contribution in [3.05, 3.63) is 35.4 Å². The molecule has 122 valence electrons. The molecule has 0 spiro atoms.